The monoisotopic (exact) mass is 346 g/mol. The Hall–Kier alpha value is -2.68. The number of aryl methyl sites for hydroxylation is 1. The first-order chi connectivity index (χ1) is 12.4. The highest BCUT2D eigenvalue weighted by atomic mass is 16.3. The first-order valence-electron chi connectivity index (χ1n) is 9.33. The maximum absolute atomic E-state index is 9.69. The van der Waals surface area contributed by atoms with Crippen molar-refractivity contribution in [2.24, 2.45) is 0 Å². The van der Waals surface area contributed by atoms with Crippen LogP contribution in [-0.2, 0) is 6.54 Å². The molecule has 1 atom stereocenters. The number of phenolic OH excluding ortho intramolecular Hbond substituents is 1. The summed E-state index contributed by atoms with van der Waals surface area (Å²) in [7, 11) is 0. The Morgan fingerprint density at radius 3 is 2.54 bits per heavy atom. The summed E-state index contributed by atoms with van der Waals surface area (Å²) in [6.45, 7) is 9.87. The van der Waals surface area contributed by atoms with Crippen LogP contribution in [0.5, 0.6) is 5.75 Å². The summed E-state index contributed by atoms with van der Waals surface area (Å²) in [6.07, 6.45) is 4.40. The average Bonchev–Trinajstić information content (AvgIpc) is 3.16. The van der Waals surface area contributed by atoms with E-state index in [9.17, 15) is 5.11 Å². The van der Waals surface area contributed by atoms with E-state index < -0.39 is 0 Å². The molecule has 4 aromatic rings. The molecule has 3 heteroatoms. The number of H-pyrrole nitrogens is 1. The van der Waals surface area contributed by atoms with E-state index in [1.54, 1.807) is 12.1 Å². The van der Waals surface area contributed by atoms with Gasteiger partial charge in [-0.1, -0.05) is 32.9 Å². The number of rotatable bonds is 4. The summed E-state index contributed by atoms with van der Waals surface area (Å²) < 4.78 is 2.40. The Morgan fingerprint density at radius 1 is 1.00 bits per heavy atom. The maximum atomic E-state index is 9.69. The lowest BCUT2D eigenvalue weighted by Crippen LogP contribution is -2.05. The minimum Gasteiger partial charge on any atom is -0.508 e. The van der Waals surface area contributed by atoms with E-state index in [2.05, 4.69) is 67.8 Å². The summed E-state index contributed by atoms with van der Waals surface area (Å²) >= 11 is 0. The molecule has 0 radical (unpaired) electrons. The van der Waals surface area contributed by atoms with Crippen molar-refractivity contribution in [1.82, 2.24) is 9.55 Å². The van der Waals surface area contributed by atoms with Gasteiger partial charge in [-0.05, 0) is 47.7 Å². The quantitative estimate of drug-likeness (QED) is 0.463. The average molecular weight is 346 g/mol. The summed E-state index contributed by atoms with van der Waals surface area (Å²) in [5.74, 6) is 1.17. The van der Waals surface area contributed by atoms with Crippen LogP contribution in [0.25, 0.3) is 21.8 Å². The third kappa shape index (κ3) is 2.78. The van der Waals surface area contributed by atoms with Crippen LogP contribution in [0.2, 0.25) is 0 Å². The molecule has 0 saturated carbocycles. The van der Waals surface area contributed by atoms with Crippen LogP contribution >= 0.6 is 0 Å². The lowest BCUT2D eigenvalue weighted by molar-refractivity contribution is 0.476. The topological polar surface area (TPSA) is 41.0 Å². The Bertz CT molecular complexity index is 1080. The van der Waals surface area contributed by atoms with Crippen LogP contribution in [0.15, 0.2) is 48.8 Å². The van der Waals surface area contributed by atoms with Gasteiger partial charge in [-0.3, -0.25) is 0 Å². The second kappa shape index (κ2) is 6.24. The first kappa shape index (κ1) is 16.8. The molecule has 0 amide bonds. The number of hydrogen-bond acceptors (Lipinski definition) is 1. The van der Waals surface area contributed by atoms with E-state index in [4.69, 9.17) is 0 Å². The zero-order valence-electron chi connectivity index (χ0n) is 15.9. The van der Waals surface area contributed by atoms with Gasteiger partial charge in [0.1, 0.15) is 5.75 Å². The first-order valence-corrected chi connectivity index (χ1v) is 9.33. The fraction of sp³-hybridized carbons (Fsp3) is 0.304. The molecule has 0 spiro atoms. The number of nitrogens with zero attached hydrogens (tertiary/aromatic N) is 1. The van der Waals surface area contributed by atoms with Gasteiger partial charge in [-0.2, -0.15) is 0 Å². The van der Waals surface area contributed by atoms with Crippen molar-refractivity contribution in [2.75, 3.05) is 0 Å². The second-order valence-corrected chi connectivity index (χ2v) is 7.79. The standard InChI is InChI=1S/C23H26N2O/c1-14(2)21-13-25(23-9-15(3)5-7-19(21)23)12-16(4)20-11-24-22-10-17(26)6-8-18(20)22/h5-11,13-14,16,24,26H,12H2,1-4H3. The lowest BCUT2D eigenvalue weighted by Gasteiger charge is -2.13. The molecule has 0 aliphatic carbocycles. The van der Waals surface area contributed by atoms with Gasteiger partial charge in [-0.15, -0.1) is 0 Å². The third-order valence-corrected chi connectivity index (χ3v) is 5.39. The van der Waals surface area contributed by atoms with Crippen molar-refractivity contribution in [3.05, 3.63) is 65.5 Å². The Morgan fingerprint density at radius 2 is 1.77 bits per heavy atom. The fourth-order valence-corrected chi connectivity index (χ4v) is 3.98. The molecule has 2 N–H and O–H groups in total. The van der Waals surface area contributed by atoms with Crippen molar-refractivity contribution in [2.45, 2.75) is 46.1 Å². The second-order valence-electron chi connectivity index (χ2n) is 7.79. The summed E-state index contributed by atoms with van der Waals surface area (Å²) in [5, 5.41) is 12.2. The van der Waals surface area contributed by atoms with Gasteiger partial charge >= 0.3 is 0 Å². The number of aromatic hydroxyl groups is 1. The lowest BCUT2D eigenvalue weighted by atomic mass is 10.0. The number of aromatic amines is 1. The third-order valence-electron chi connectivity index (χ3n) is 5.39. The van der Waals surface area contributed by atoms with Gasteiger partial charge < -0.3 is 14.7 Å². The van der Waals surface area contributed by atoms with Gasteiger partial charge in [0.05, 0.1) is 0 Å². The molecule has 134 valence electrons. The van der Waals surface area contributed by atoms with Crippen molar-refractivity contribution < 1.29 is 5.11 Å². The number of nitrogens with one attached hydrogen (secondary N) is 1. The number of aromatic nitrogens is 2. The molecule has 2 aromatic carbocycles. The van der Waals surface area contributed by atoms with Gasteiger partial charge in [0.2, 0.25) is 0 Å². The van der Waals surface area contributed by atoms with Crippen LogP contribution < -0.4 is 0 Å². The predicted octanol–water partition coefficient (Wildman–Crippen LogP) is 6.06. The van der Waals surface area contributed by atoms with E-state index >= 15 is 0 Å². The van der Waals surface area contributed by atoms with Gasteiger partial charge in [0.25, 0.3) is 0 Å². The van der Waals surface area contributed by atoms with Crippen LogP contribution in [0.4, 0.5) is 0 Å². The Labute approximate surface area is 154 Å². The molecule has 0 aliphatic heterocycles. The highest BCUT2D eigenvalue weighted by Gasteiger charge is 2.16. The Kier molecular flexibility index (Phi) is 4.03. The molecule has 4 rings (SSSR count). The van der Waals surface area contributed by atoms with Crippen LogP contribution in [-0.4, -0.2) is 14.7 Å². The number of benzene rings is 2. The van der Waals surface area contributed by atoms with Crippen molar-refractivity contribution >= 4 is 21.8 Å². The fourth-order valence-electron chi connectivity index (χ4n) is 3.98. The molecular formula is C23H26N2O. The zero-order valence-corrected chi connectivity index (χ0v) is 15.9. The maximum Gasteiger partial charge on any atom is 0.117 e. The Balaban J connectivity index is 1.75. The van der Waals surface area contributed by atoms with E-state index in [0.29, 0.717) is 17.6 Å². The molecule has 0 aliphatic rings. The smallest absolute Gasteiger partial charge is 0.117 e. The molecule has 0 bridgehead atoms. The zero-order chi connectivity index (χ0) is 18.4. The van der Waals surface area contributed by atoms with E-state index in [1.807, 2.05) is 6.07 Å². The van der Waals surface area contributed by atoms with Gasteiger partial charge in [0.15, 0.2) is 0 Å². The normalized spacial score (nSPS) is 13.1. The van der Waals surface area contributed by atoms with E-state index in [-0.39, 0.29) is 0 Å². The van der Waals surface area contributed by atoms with Gasteiger partial charge in [0, 0.05) is 52.7 Å². The van der Waals surface area contributed by atoms with Crippen molar-refractivity contribution in [1.29, 1.82) is 0 Å². The van der Waals surface area contributed by atoms with Crippen molar-refractivity contribution in [3.8, 4) is 5.75 Å². The number of fused-ring (bicyclic) bond motifs is 2. The molecule has 26 heavy (non-hydrogen) atoms. The summed E-state index contributed by atoms with van der Waals surface area (Å²) in [5.41, 5.74) is 6.31. The van der Waals surface area contributed by atoms with Gasteiger partial charge in [-0.25, -0.2) is 0 Å². The van der Waals surface area contributed by atoms with Crippen LogP contribution in [0, 0.1) is 6.92 Å². The SMILES string of the molecule is Cc1ccc2c(C(C)C)cn(CC(C)c3c[nH]c4cc(O)ccc34)c2c1. The number of hydrogen-bond donors (Lipinski definition) is 2. The number of phenols is 1. The largest absolute Gasteiger partial charge is 0.508 e. The minimum absolute atomic E-state index is 0.298. The van der Waals surface area contributed by atoms with E-state index in [1.165, 1.54) is 33.0 Å². The predicted molar refractivity (Wildman–Crippen MR) is 109 cm³/mol. The summed E-state index contributed by atoms with van der Waals surface area (Å²) in [4.78, 5) is 3.30. The van der Waals surface area contributed by atoms with E-state index in [0.717, 1.165) is 12.1 Å². The highest BCUT2D eigenvalue weighted by Crippen LogP contribution is 2.32. The molecule has 3 nitrogen and oxygen atoms in total. The van der Waals surface area contributed by atoms with Crippen molar-refractivity contribution in [3.63, 3.8) is 0 Å². The molecule has 1 unspecified atom stereocenters. The molecule has 2 heterocycles. The summed E-state index contributed by atoms with van der Waals surface area (Å²) in [6, 6.07) is 12.3. The van der Waals surface area contributed by atoms with Crippen LogP contribution in [0.1, 0.15) is 49.3 Å². The minimum atomic E-state index is 0.298. The molecule has 2 aromatic heterocycles. The molecule has 0 fully saturated rings. The highest BCUT2D eigenvalue weighted by molar-refractivity contribution is 5.86. The van der Waals surface area contributed by atoms with Crippen LogP contribution in [0.3, 0.4) is 0 Å². The molecule has 0 saturated heterocycles. The molecular weight excluding hydrogens is 320 g/mol.